The molecule has 5 rings (SSSR count). The maximum absolute atomic E-state index is 14.4. The van der Waals surface area contributed by atoms with E-state index in [9.17, 15) is 22.0 Å². The summed E-state index contributed by atoms with van der Waals surface area (Å²) >= 11 is 0. The zero-order chi connectivity index (χ0) is 24.3. The first kappa shape index (κ1) is 23.2. The summed E-state index contributed by atoms with van der Waals surface area (Å²) in [6.45, 7) is 1.79. The van der Waals surface area contributed by atoms with E-state index < -0.39 is 32.0 Å². The molecule has 1 heterocycles. The Hall–Kier alpha value is -2.52. The van der Waals surface area contributed by atoms with Gasteiger partial charge < -0.3 is 9.64 Å². The smallest absolute Gasteiger partial charge is 0.266 e. The maximum atomic E-state index is 14.4. The lowest BCUT2D eigenvalue weighted by molar-refractivity contribution is -0.125. The van der Waals surface area contributed by atoms with E-state index in [0.29, 0.717) is 17.5 Å². The zero-order valence-corrected chi connectivity index (χ0v) is 20.1. The molecule has 0 unspecified atom stereocenters. The largest absolute Gasteiger partial charge is 0.490 e. The van der Waals surface area contributed by atoms with Gasteiger partial charge in [-0.25, -0.2) is 17.2 Å². The van der Waals surface area contributed by atoms with Gasteiger partial charge in [-0.2, -0.15) is 0 Å². The third-order valence-corrected chi connectivity index (χ3v) is 9.46. The van der Waals surface area contributed by atoms with Crippen molar-refractivity contribution in [3.8, 4) is 5.75 Å². The standard InChI is InChI=1S/C25H28F2N2O4S/c1-28-10-6-18(7-11-28)33-22-14-17(13-20-19(22)15-24(30)25(20)8-3-9-25)29(2)34(31,32)23-5-4-16(26)12-21(23)27/h4-5,12-14,18H,3,6-11,15H2,1-2H3. The van der Waals surface area contributed by atoms with Gasteiger partial charge in [0.25, 0.3) is 10.0 Å². The van der Waals surface area contributed by atoms with Crippen LogP contribution in [-0.4, -0.2) is 52.4 Å². The Labute approximate surface area is 198 Å². The SMILES string of the molecule is CN1CCC(Oc2cc(N(C)S(=O)(=O)c3ccc(F)cc3F)cc3c2CC(=O)C32CCC2)CC1. The number of rotatable bonds is 5. The third-order valence-electron chi connectivity index (χ3n) is 7.64. The van der Waals surface area contributed by atoms with Crippen LogP contribution in [0.1, 0.15) is 43.2 Å². The zero-order valence-electron chi connectivity index (χ0n) is 19.3. The average molecular weight is 491 g/mol. The first-order chi connectivity index (χ1) is 16.1. The number of Topliss-reactive ketones (excluding diaryl/α,β-unsaturated/α-hetero) is 1. The fraction of sp³-hybridized carbons (Fsp3) is 0.480. The number of benzene rings is 2. The van der Waals surface area contributed by atoms with Gasteiger partial charge in [-0.1, -0.05) is 6.42 Å². The van der Waals surface area contributed by atoms with Gasteiger partial charge in [0, 0.05) is 44.3 Å². The van der Waals surface area contributed by atoms with Crippen molar-refractivity contribution in [1.82, 2.24) is 4.90 Å². The maximum Gasteiger partial charge on any atom is 0.266 e. The molecule has 9 heteroatoms. The van der Waals surface area contributed by atoms with Crippen molar-refractivity contribution < 1.29 is 26.7 Å². The molecule has 3 aliphatic rings. The van der Waals surface area contributed by atoms with Crippen LogP contribution in [0.2, 0.25) is 0 Å². The summed E-state index contributed by atoms with van der Waals surface area (Å²) < 4.78 is 61.6. The molecule has 2 aliphatic carbocycles. The van der Waals surface area contributed by atoms with Gasteiger partial charge in [-0.3, -0.25) is 9.10 Å². The van der Waals surface area contributed by atoms with Crippen molar-refractivity contribution >= 4 is 21.5 Å². The third kappa shape index (κ3) is 3.69. The summed E-state index contributed by atoms with van der Waals surface area (Å²) in [7, 11) is -0.915. The monoisotopic (exact) mass is 490 g/mol. The molecule has 0 atom stereocenters. The quantitative estimate of drug-likeness (QED) is 0.638. The van der Waals surface area contributed by atoms with E-state index >= 15 is 0 Å². The Kier molecular flexibility index (Phi) is 5.67. The number of hydrogen-bond acceptors (Lipinski definition) is 5. The number of anilines is 1. The van der Waals surface area contributed by atoms with Gasteiger partial charge in [-0.05, 0) is 56.5 Å². The molecular formula is C25H28F2N2O4S. The van der Waals surface area contributed by atoms with Crippen molar-refractivity contribution in [1.29, 1.82) is 0 Å². The van der Waals surface area contributed by atoms with E-state index in [1.165, 1.54) is 7.05 Å². The van der Waals surface area contributed by atoms with Crippen LogP contribution in [0.3, 0.4) is 0 Å². The number of fused-ring (bicyclic) bond motifs is 2. The summed E-state index contributed by atoms with van der Waals surface area (Å²) in [4.78, 5) is 14.6. The van der Waals surface area contributed by atoms with Gasteiger partial charge in [0.1, 0.15) is 34.2 Å². The highest BCUT2D eigenvalue weighted by atomic mass is 32.2. The Morgan fingerprint density at radius 1 is 1.12 bits per heavy atom. The lowest BCUT2D eigenvalue weighted by Crippen LogP contribution is -2.39. The fourth-order valence-electron chi connectivity index (χ4n) is 5.34. The summed E-state index contributed by atoms with van der Waals surface area (Å²) in [6, 6.07) is 5.78. The number of likely N-dealkylation sites (tertiary alicyclic amines) is 1. The second-order valence-corrected chi connectivity index (χ2v) is 11.6. The predicted octanol–water partition coefficient (Wildman–Crippen LogP) is 3.81. The first-order valence-corrected chi connectivity index (χ1v) is 13.1. The molecule has 2 aromatic carbocycles. The number of piperidine rings is 1. The Bertz CT molecular complexity index is 1250. The Morgan fingerprint density at radius 2 is 1.82 bits per heavy atom. The molecule has 6 nitrogen and oxygen atoms in total. The van der Waals surface area contributed by atoms with Gasteiger partial charge in [-0.15, -0.1) is 0 Å². The second-order valence-electron chi connectivity index (χ2n) is 9.67. The van der Waals surface area contributed by atoms with E-state index in [1.54, 1.807) is 12.1 Å². The number of nitrogens with zero attached hydrogens (tertiary/aromatic N) is 2. The van der Waals surface area contributed by atoms with Crippen LogP contribution in [0.4, 0.5) is 14.5 Å². The molecule has 0 bridgehead atoms. The van der Waals surface area contributed by atoms with Crippen molar-refractivity contribution in [3.63, 3.8) is 0 Å². The topological polar surface area (TPSA) is 66.9 Å². The highest BCUT2D eigenvalue weighted by Crippen LogP contribution is 2.53. The number of ketones is 1. The normalized spacial score (nSPS) is 20.3. The lowest BCUT2D eigenvalue weighted by atomic mass is 9.64. The molecule has 0 radical (unpaired) electrons. The summed E-state index contributed by atoms with van der Waals surface area (Å²) in [5.41, 5.74) is 1.38. The molecule has 0 N–H and O–H groups in total. The Balaban J connectivity index is 1.57. The lowest BCUT2D eigenvalue weighted by Gasteiger charge is -2.38. The van der Waals surface area contributed by atoms with Crippen molar-refractivity contribution in [3.05, 3.63) is 53.1 Å². The van der Waals surface area contributed by atoms with Crippen LogP contribution < -0.4 is 9.04 Å². The van der Waals surface area contributed by atoms with Gasteiger partial charge in [0.05, 0.1) is 11.1 Å². The summed E-state index contributed by atoms with van der Waals surface area (Å²) in [5, 5.41) is 0. The van der Waals surface area contributed by atoms with Crippen LogP contribution in [0, 0.1) is 11.6 Å². The molecule has 1 aliphatic heterocycles. The number of ether oxygens (including phenoxy) is 1. The molecule has 0 aromatic heterocycles. The minimum absolute atomic E-state index is 0.0277. The van der Waals surface area contributed by atoms with Crippen LogP contribution in [-0.2, 0) is 26.7 Å². The van der Waals surface area contributed by atoms with Crippen LogP contribution in [0.15, 0.2) is 35.2 Å². The van der Waals surface area contributed by atoms with Crippen molar-refractivity contribution in [2.24, 2.45) is 0 Å². The van der Waals surface area contributed by atoms with Crippen molar-refractivity contribution in [2.75, 3.05) is 31.5 Å². The van der Waals surface area contributed by atoms with E-state index in [1.807, 2.05) is 0 Å². The molecule has 2 aromatic rings. The Morgan fingerprint density at radius 3 is 2.44 bits per heavy atom. The van der Waals surface area contributed by atoms with Gasteiger partial charge >= 0.3 is 0 Å². The summed E-state index contributed by atoms with van der Waals surface area (Å²) in [5.74, 6) is -1.33. The molecule has 0 amide bonds. The van der Waals surface area contributed by atoms with Gasteiger partial charge in [0.2, 0.25) is 0 Å². The second kappa shape index (κ2) is 8.30. The van der Waals surface area contributed by atoms with Gasteiger partial charge in [0.15, 0.2) is 0 Å². The minimum Gasteiger partial charge on any atom is -0.490 e. The van der Waals surface area contributed by atoms with E-state index in [-0.39, 0.29) is 18.3 Å². The highest BCUT2D eigenvalue weighted by Gasteiger charge is 2.51. The molecular weight excluding hydrogens is 462 g/mol. The number of carbonyl (C=O) groups is 1. The van der Waals surface area contributed by atoms with Crippen molar-refractivity contribution in [2.45, 2.75) is 54.9 Å². The van der Waals surface area contributed by atoms with E-state index in [2.05, 4.69) is 11.9 Å². The fourth-order valence-corrected chi connectivity index (χ4v) is 6.56. The van der Waals surface area contributed by atoms with E-state index in [0.717, 1.165) is 72.8 Å². The predicted molar refractivity (Wildman–Crippen MR) is 124 cm³/mol. The van der Waals surface area contributed by atoms with Crippen LogP contribution in [0.25, 0.3) is 0 Å². The summed E-state index contributed by atoms with van der Waals surface area (Å²) in [6.07, 6.45) is 4.33. The molecule has 1 spiro atoms. The number of hydrogen-bond donors (Lipinski definition) is 0. The average Bonchev–Trinajstić information content (AvgIpc) is 3.06. The molecule has 34 heavy (non-hydrogen) atoms. The van der Waals surface area contributed by atoms with Crippen LogP contribution >= 0.6 is 0 Å². The molecule has 1 saturated heterocycles. The highest BCUT2D eigenvalue weighted by molar-refractivity contribution is 7.92. The number of carbonyl (C=O) groups excluding carboxylic acids is 1. The van der Waals surface area contributed by atoms with Crippen LogP contribution in [0.5, 0.6) is 5.75 Å². The number of halogens is 2. The molecule has 2 fully saturated rings. The van der Waals surface area contributed by atoms with E-state index in [4.69, 9.17) is 4.74 Å². The number of sulfonamides is 1. The molecule has 182 valence electrons. The molecule has 1 saturated carbocycles. The minimum atomic E-state index is -4.31. The first-order valence-electron chi connectivity index (χ1n) is 11.6.